The van der Waals surface area contributed by atoms with Gasteiger partial charge in [0.2, 0.25) is 0 Å². The topological polar surface area (TPSA) is 46.1 Å². The maximum atomic E-state index is 13.7. The number of amides is 1. The Bertz CT molecular complexity index is 1260. The van der Waals surface area contributed by atoms with Crippen LogP contribution in [0.2, 0.25) is 5.15 Å². The minimum Gasteiger partial charge on any atom is -0.330 e. The Labute approximate surface area is 185 Å². The van der Waals surface area contributed by atoms with Gasteiger partial charge in [-0.05, 0) is 60.9 Å². The lowest BCUT2D eigenvalue weighted by molar-refractivity contribution is 0.0729. The Morgan fingerprint density at radius 3 is 2.65 bits per heavy atom. The minimum atomic E-state index is -0.455. The standard InChI is InChI=1S/C25H21ClFN3O/c1-16-8-9-19-11-21(24(26)29-23(19)17(16)2)15-30(14-18-5-4-10-28-13-18)25(31)20-6-3-7-22(27)12-20/h3-13H,14-15H2,1-2H3. The number of carbonyl (C=O) groups excluding carboxylic acids is 1. The van der Waals surface area contributed by atoms with Crippen molar-refractivity contribution in [2.24, 2.45) is 0 Å². The summed E-state index contributed by atoms with van der Waals surface area (Å²) >= 11 is 6.53. The van der Waals surface area contributed by atoms with Crippen LogP contribution < -0.4 is 0 Å². The fraction of sp³-hybridized carbons (Fsp3) is 0.160. The average Bonchev–Trinajstić information content (AvgIpc) is 2.77. The van der Waals surface area contributed by atoms with E-state index in [0.717, 1.165) is 33.2 Å². The van der Waals surface area contributed by atoms with Crippen molar-refractivity contribution in [1.29, 1.82) is 0 Å². The van der Waals surface area contributed by atoms with E-state index in [1.54, 1.807) is 23.4 Å². The zero-order valence-corrected chi connectivity index (χ0v) is 18.0. The zero-order valence-electron chi connectivity index (χ0n) is 17.3. The number of pyridine rings is 2. The maximum absolute atomic E-state index is 13.7. The average molecular weight is 434 g/mol. The van der Waals surface area contributed by atoms with E-state index in [4.69, 9.17) is 11.6 Å². The predicted molar refractivity (Wildman–Crippen MR) is 120 cm³/mol. The van der Waals surface area contributed by atoms with Crippen LogP contribution in [0.15, 0.2) is 67.0 Å². The van der Waals surface area contributed by atoms with Gasteiger partial charge in [-0.25, -0.2) is 9.37 Å². The SMILES string of the molecule is Cc1ccc2cc(CN(Cc3cccnc3)C(=O)c3cccc(F)c3)c(Cl)nc2c1C. The van der Waals surface area contributed by atoms with E-state index < -0.39 is 5.82 Å². The second-order valence-corrected chi connectivity index (χ2v) is 7.91. The lowest BCUT2D eigenvalue weighted by Crippen LogP contribution is -2.30. The van der Waals surface area contributed by atoms with Crippen molar-refractivity contribution in [3.05, 3.63) is 106 Å². The Hall–Kier alpha value is -3.31. The third kappa shape index (κ3) is 4.57. The van der Waals surface area contributed by atoms with E-state index >= 15 is 0 Å². The lowest BCUT2D eigenvalue weighted by Gasteiger charge is -2.24. The molecule has 0 saturated heterocycles. The van der Waals surface area contributed by atoms with Crippen molar-refractivity contribution in [3.63, 3.8) is 0 Å². The van der Waals surface area contributed by atoms with Crippen LogP contribution in [-0.2, 0) is 13.1 Å². The molecule has 0 fully saturated rings. The number of aryl methyl sites for hydroxylation is 2. The zero-order chi connectivity index (χ0) is 22.0. The van der Waals surface area contributed by atoms with Gasteiger partial charge in [-0.15, -0.1) is 0 Å². The highest BCUT2D eigenvalue weighted by Gasteiger charge is 2.20. The molecule has 4 nitrogen and oxygen atoms in total. The monoisotopic (exact) mass is 433 g/mol. The number of hydrogen-bond donors (Lipinski definition) is 0. The van der Waals surface area contributed by atoms with Gasteiger partial charge >= 0.3 is 0 Å². The summed E-state index contributed by atoms with van der Waals surface area (Å²) in [4.78, 5) is 23.6. The van der Waals surface area contributed by atoms with Gasteiger partial charge in [-0.1, -0.05) is 35.9 Å². The van der Waals surface area contributed by atoms with Crippen molar-refractivity contribution in [3.8, 4) is 0 Å². The smallest absolute Gasteiger partial charge is 0.254 e. The van der Waals surface area contributed by atoms with E-state index in [1.807, 2.05) is 44.2 Å². The number of aromatic nitrogens is 2. The van der Waals surface area contributed by atoms with Gasteiger partial charge in [0.25, 0.3) is 5.91 Å². The van der Waals surface area contributed by atoms with Crippen LogP contribution in [0, 0.1) is 19.7 Å². The second-order valence-electron chi connectivity index (χ2n) is 7.55. The number of halogens is 2. The highest BCUT2D eigenvalue weighted by Crippen LogP contribution is 2.26. The van der Waals surface area contributed by atoms with Crippen molar-refractivity contribution in [2.45, 2.75) is 26.9 Å². The molecule has 156 valence electrons. The normalized spacial score (nSPS) is 11.0. The molecule has 0 saturated carbocycles. The fourth-order valence-corrected chi connectivity index (χ4v) is 3.74. The number of nitrogens with zero attached hydrogens (tertiary/aromatic N) is 3. The first-order valence-corrected chi connectivity index (χ1v) is 10.3. The number of fused-ring (bicyclic) bond motifs is 1. The summed E-state index contributed by atoms with van der Waals surface area (Å²) in [7, 11) is 0. The largest absolute Gasteiger partial charge is 0.330 e. The molecular formula is C25H21ClFN3O. The molecule has 0 atom stereocenters. The summed E-state index contributed by atoms with van der Waals surface area (Å²) in [6, 6.07) is 15.4. The Morgan fingerprint density at radius 1 is 1.06 bits per heavy atom. The van der Waals surface area contributed by atoms with Gasteiger partial charge in [0, 0.05) is 42.0 Å². The molecule has 0 aliphatic carbocycles. The molecule has 4 rings (SSSR count). The number of benzene rings is 2. The molecule has 31 heavy (non-hydrogen) atoms. The van der Waals surface area contributed by atoms with Gasteiger partial charge in [0.05, 0.1) is 5.52 Å². The van der Waals surface area contributed by atoms with Crippen molar-refractivity contribution in [1.82, 2.24) is 14.9 Å². The van der Waals surface area contributed by atoms with E-state index in [-0.39, 0.29) is 18.0 Å². The number of carbonyl (C=O) groups is 1. The van der Waals surface area contributed by atoms with Gasteiger partial charge in [-0.3, -0.25) is 9.78 Å². The first kappa shape index (κ1) is 20.9. The highest BCUT2D eigenvalue weighted by molar-refractivity contribution is 6.30. The molecular weight excluding hydrogens is 413 g/mol. The molecule has 6 heteroatoms. The van der Waals surface area contributed by atoms with Crippen LogP contribution in [-0.4, -0.2) is 20.8 Å². The van der Waals surface area contributed by atoms with Gasteiger partial charge in [0.15, 0.2) is 0 Å². The van der Waals surface area contributed by atoms with Crippen LogP contribution in [0.1, 0.15) is 32.6 Å². The number of hydrogen-bond acceptors (Lipinski definition) is 3. The van der Waals surface area contributed by atoms with Crippen molar-refractivity contribution >= 4 is 28.4 Å². The quantitative estimate of drug-likeness (QED) is 0.369. The van der Waals surface area contributed by atoms with Crippen LogP contribution >= 0.6 is 11.6 Å². The predicted octanol–water partition coefficient (Wildman–Crippen LogP) is 5.88. The maximum Gasteiger partial charge on any atom is 0.254 e. The van der Waals surface area contributed by atoms with E-state index in [0.29, 0.717) is 11.7 Å². The van der Waals surface area contributed by atoms with E-state index in [2.05, 4.69) is 9.97 Å². The molecule has 0 radical (unpaired) electrons. The summed E-state index contributed by atoms with van der Waals surface area (Å²) in [5.74, 6) is -0.747. The Morgan fingerprint density at radius 2 is 1.90 bits per heavy atom. The molecule has 2 heterocycles. The van der Waals surface area contributed by atoms with Crippen LogP contribution in [0.4, 0.5) is 4.39 Å². The second kappa shape index (κ2) is 8.82. The van der Waals surface area contributed by atoms with Gasteiger partial charge < -0.3 is 4.90 Å². The summed E-state index contributed by atoms with van der Waals surface area (Å²) in [5, 5.41) is 1.31. The van der Waals surface area contributed by atoms with E-state index in [1.165, 1.54) is 18.2 Å². The third-order valence-corrected chi connectivity index (χ3v) is 5.68. The Balaban J connectivity index is 1.72. The van der Waals surface area contributed by atoms with Crippen LogP contribution in [0.5, 0.6) is 0 Å². The van der Waals surface area contributed by atoms with E-state index in [9.17, 15) is 9.18 Å². The summed E-state index contributed by atoms with van der Waals surface area (Å²) in [5.41, 5.74) is 4.94. The molecule has 0 N–H and O–H groups in total. The van der Waals surface area contributed by atoms with Crippen LogP contribution in [0.3, 0.4) is 0 Å². The van der Waals surface area contributed by atoms with Crippen LogP contribution in [0.25, 0.3) is 10.9 Å². The molecule has 0 spiro atoms. The van der Waals surface area contributed by atoms with Gasteiger partial charge in [0.1, 0.15) is 11.0 Å². The molecule has 4 aromatic rings. The lowest BCUT2D eigenvalue weighted by atomic mass is 10.0. The first-order valence-electron chi connectivity index (χ1n) is 9.91. The molecule has 0 aliphatic rings. The first-order chi connectivity index (χ1) is 14.9. The third-order valence-electron chi connectivity index (χ3n) is 5.35. The van der Waals surface area contributed by atoms with Gasteiger partial charge in [-0.2, -0.15) is 0 Å². The molecule has 2 aromatic carbocycles. The summed E-state index contributed by atoms with van der Waals surface area (Å²) in [6.07, 6.45) is 3.38. The number of rotatable bonds is 5. The van der Waals surface area contributed by atoms with Crippen molar-refractivity contribution in [2.75, 3.05) is 0 Å². The summed E-state index contributed by atoms with van der Waals surface area (Å²) < 4.78 is 13.7. The highest BCUT2D eigenvalue weighted by atomic mass is 35.5. The summed E-state index contributed by atoms with van der Waals surface area (Å²) in [6.45, 7) is 4.60. The molecule has 0 aliphatic heterocycles. The molecule has 0 unspecified atom stereocenters. The Kier molecular flexibility index (Phi) is 5.96. The molecule has 0 bridgehead atoms. The molecule has 2 aromatic heterocycles. The fourth-order valence-electron chi connectivity index (χ4n) is 3.54. The molecule has 1 amide bonds. The van der Waals surface area contributed by atoms with Crippen molar-refractivity contribution < 1.29 is 9.18 Å². The minimum absolute atomic E-state index is 0.235.